The monoisotopic (exact) mass is 243 g/mol. The van der Waals surface area contributed by atoms with Crippen LogP contribution in [-0.4, -0.2) is 49.3 Å². The van der Waals surface area contributed by atoms with E-state index in [1.165, 1.54) is 19.3 Å². The number of ether oxygens (including phenoxy) is 1. The molecular formula is C13H25NO3. The number of carbonyl (C=O) groups excluding carboxylic acids is 1. The Morgan fingerprint density at radius 2 is 2.00 bits per heavy atom. The number of aliphatic hydroxyl groups excluding tert-OH is 1. The Morgan fingerprint density at radius 3 is 2.59 bits per heavy atom. The molecule has 1 fully saturated rings. The summed E-state index contributed by atoms with van der Waals surface area (Å²) in [6, 6.07) is 0. The van der Waals surface area contributed by atoms with Crippen LogP contribution in [-0.2, 0) is 9.53 Å². The van der Waals surface area contributed by atoms with Crippen molar-refractivity contribution in [1.29, 1.82) is 0 Å². The van der Waals surface area contributed by atoms with Crippen molar-refractivity contribution in [2.75, 3.05) is 33.4 Å². The van der Waals surface area contributed by atoms with Crippen LogP contribution < -0.4 is 0 Å². The van der Waals surface area contributed by atoms with Crippen LogP contribution in [0.15, 0.2) is 0 Å². The van der Waals surface area contributed by atoms with Gasteiger partial charge in [0.1, 0.15) is 0 Å². The van der Waals surface area contributed by atoms with Gasteiger partial charge in [-0.25, -0.2) is 0 Å². The molecule has 0 atom stereocenters. The number of rotatable bonds is 7. The number of methoxy groups -OCH3 is 1. The van der Waals surface area contributed by atoms with Gasteiger partial charge in [-0.1, -0.05) is 19.3 Å². The fraction of sp³-hybridized carbons (Fsp3) is 0.923. The van der Waals surface area contributed by atoms with Gasteiger partial charge in [-0.15, -0.1) is 0 Å². The maximum atomic E-state index is 12.3. The van der Waals surface area contributed by atoms with E-state index < -0.39 is 0 Å². The topological polar surface area (TPSA) is 49.8 Å². The van der Waals surface area contributed by atoms with Gasteiger partial charge in [-0.05, 0) is 19.3 Å². The molecule has 0 spiro atoms. The van der Waals surface area contributed by atoms with E-state index in [2.05, 4.69) is 0 Å². The third kappa shape index (κ3) is 5.04. The van der Waals surface area contributed by atoms with Gasteiger partial charge in [0.05, 0.1) is 6.61 Å². The molecule has 0 aromatic rings. The molecule has 0 unspecified atom stereocenters. The van der Waals surface area contributed by atoms with Gasteiger partial charge in [-0.3, -0.25) is 4.79 Å². The summed E-state index contributed by atoms with van der Waals surface area (Å²) in [5, 5.41) is 9.02. The Morgan fingerprint density at radius 1 is 1.29 bits per heavy atom. The molecule has 1 N–H and O–H groups in total. The van der Waals surface area contributed by atoms with Crippen LogP contribution in [0, 0.1) is 5.92 Å². The van der Waals surface area contributed by atoms with Crippen molar-refractivity contribution in [3.63, 3.8) is 0 Å². The van der Waals surface area contributed by atoms with E-state index in [-0.39, 0.29) is 18.4 Å². The Kier molecular flexibility index (Phi) is 7.21. The zero-order valence-electron chi connectivity index (χ0n) is 10.9. The molecule has 1 aliphatic rings. The highest BCUT2D eigenvalue weighted by Gasteiger charge is 2.25. The van der Waals surface area contributed by atoms with Crippen molar-refractivity contribution < 1.29 is 14.6 Å². The molecular weight excluding hydrogens is 218 g/mol. The lowest BCUT2D eigenvalue weighted by atomic mass is 9.88. The van der Waals surface area contributed by atoms with Gasteiger partial charge in [0, 0.05) is 32.7 Å². The molecule has 1 saturated carbocycles. The quantitative estimate of drug-likeness (QED) is 0.688. The maximum Gasteiger partial charge on any atom is 0.225 e. The maximum absolute atomic E-state index is 12.3. The van der Waals surface area contributed by atoms with Gasteiger partial charge in [-0.2, -0.15) is 0 Å². The van der Waals surface area contributed by atoms with Crippen LogP contribution in [0.25, 0.3) is 0 Å². The van der Waals surface area contributed by atoms with Gasteiger partial charge < -0.3 is 14.7 Å². The minimum atomic E-state index is 0.0471. The molecule has 0 radical (unpaired) electrons. The molecule has 0 bridgehead atoms. The van der Waals surface area contributed by atoms with E-state index in [1.54, 1.807) is 12.0 Å². The first-order valence-corrected chi connectivity index (χ1v) is 6.68. The largest absolute Gasteiger partial charge is 0.395 e. The van der Waals surface area contributed by atoms with Gasteiger partial charge in [0.25, 0.3) is 0 Å². The molecule has 0 aromatic carbocycles. The molecule has 17 heavy (non-hydrogen) atoms. The van der Waals surface area contributed by atoms with Crippen LogP contribution in [0.5, 0.6) is 0 Å². The van der Waals surface area contributed by atoms with Crippen LogP contribution in [0.2, 0.25) is 0 Å². The summed E-state index contributed by atoms with van der Waals surface area (Å²) in [6.45, 7) is 1.87. The zero-order valence-corrected chi connectivity index (χ0v) is 10.9. The Bertz CT molecular complexity index is 215. The number of carbonyl (C=O) groups is 1. The fourth-order valence-corrected chi connectivity index (χ4v) is 2.46. The number of hydrogen-bond donors (Lipinski definition) is 1. The second kappa shape index (κ2) is 8.48. The lowest BCUT2D eigenvalue weighted by molar-refractivity contribution is -0.137. The van der Waals surface area contributed by atoms with Crippen molar-refractivity contribution in [1.82, 2.24) is 4.90 Å². The minimum absolute atomic E-state index is 0.0471. The second-order valence-electron chi connectivity index (χ2n) is 4.73. The lowest BCUT2D eigenvalue weighted by Gasteiger charge is -2.28. The second-order valence-corrected chi connectivity index (χ2v) is 4.73. The fourth-order valence-electron chi connectivity index (χ4n) is 2.46. The average Bonchev–Trinajstić information content (AvgIpc) is 2.38. The normalized spacial score (nSPS) is 17.1. The standard InChI is InChI=1S/C13H25NO3/c1-17-11-5-8-14(9-10-15)13(16)12-6-3-2-4-7-12/h12,15H,2-11H2,1H3. The van der Waals surface area contributed by atoms with Crippen molar-refractivity contribution in [2.45, 2.75) is 38.5 Å². The highest BCUT2D eigenvalue weighted by molar-refractivity contribution is 5.78. The molecule has 4 nitrogen and oxygen atoms in total. The molecule has 1 aliphatic carbocycles. The van der Waals surface area contributed by atoms with E-state index in [4.69, 9.17) is 9.84 Å². The number of amides is 1. The van der Waals surface area contributed by atoms with Crippen LogP contribution >= 0.6 is 0 Å². The summed E-state index contributed by atoms with van der Waals surface area (Å²) >= 11 is 0. The molecule has 1 amide bonds. The van der Waals surface area contributed by atoms with Gasteiger partial charge in [0.15, 0.2) is 0 Å². The lowest BCUT2D eigenvalue weighted by Crippen LogP contribution is -2.39. The summed E-state index contributed by atoms with van der Waals surface area (Å²) in [5.74, 6) is 0.424. The van der Waals surface area contributed by atoms with Gasteiger partial charge in [0.2, 0.25) is 5.91 Å². The molecule has 0 saturated heterocycles. The summed E-state index contributed by atoms with van der Waals surface area (Å²) in [7, 11) is 1.67. The molecule has 4 heteroatoms. The third-order valence-corrected chi connectivity index (χ3v) is 3.41. The van der Waals surface area contributed by atoms with E-state index in [1.807, 2.05) is 0 Å². The number of hydrogen-bond acceptors (Lipinski definition) is 3. The van der Waals surface area contributed by atoms with E-state index in [0.717, 1.165) is 19.3 Å². The summed E-state index contributed by atoms with van der Waals surface area (Å²) in [4.78, 5) is 14.1. The van der Waals surface area contributed by atoms with Gasteiger partial charge >= 0.3 is 0 Å². The predicted molar refractivity (Wildman–Crippen MR) is 66.7 cm³/mol. The Hall–Kier alpha value is -0.610. The minimum Gasteiger partial charge on any atom is -0.395 e. The number of aliphatic hydroxyl groups is 1. The van der Waals surface area contributed by atoms with Crippen LogP contribution in [0.1, 0.15) is 38.5 Å². The predicted octanol–water partition coefficient (Wildman–Crippen LogP) is 1.42. The SMILES string of the molecule is COCCCN(CCO)C(=O)C1CCCCC1. The number of nitrogens with zero attached hydrogens (tertiary/aromatic N) is 1. The summed E-state index contributed by atoms with van der Waals surface area (Å²) in [5.41, 5.74) is 0. The van der Waals surface area contributed by atoms with Crippen LogP contribution in [0.4, 0.5) is 0 Å². The van der Waals surface area contributed by atoms with Crippen molar-refractivity contribution in [2.24, 2.45) is 5.92 Å². The first kappa shape index (κ1) is 14.5. The molecule has 0 aliphatic heterocycles. The van der Waals surface area contributed by atoms with Crippen molar-refractivity contribution >= 4 is 5.91 Å². The van der Waals surface area contributed by atoms with E-state index in [9.17, 15) is 4.79 Å². The summed E-state index contributed by atoms with van der Waals surface area (Å²) in [6.07, 6.45) is 6.47. The molecule has 0 heterocycles. The highest BCUT2D eigenvalue weighted by Crippen LogP contribution is 2.25. The van der Waals surface area contributed by atoms with Crippen molar-refractivity contribution in [3.05, 3.63) is 0 Å². The van der Waals surface area contributed by atoms with E-state index >= 15 is 0 Å². The zero-order chi connectivity index (χ0) is 12.5. The summed E-state index contributed by atoms with van der Waals surface area (Å²) < 4.78 is 5.00. The van der Waals surface area contributed by atoms with Crippen molar-refractivity contribution in [3.8, 4) is 0 Å². The first-order valence-electron chi connectivity index (χ1n) is 6.68. The van der Waals surface area contributed by atoms with E-state index in [0.29, 0.717) is 19.7 Å². The Labute approximate surface area is 104 Å². The van der Waals surface area contributed by atoms with Crippen LogP contribution in [0.3, 0.4) is 0 Å². The smallest absolute Gasteiger partial charge is 0.225 e. The average molecular weight is 243 g/mol. The molecule has 0 aromatic heterocycles. The Balaban J connectivity index is 2.40. The molecule has 1 rings (SSSR count). The molecule has 100 valence electrons. The first-order chi connectivity index (χ1) is 8.29. The highest BCUT2D eigenvalue weighted by atomic mass is 16.5. The third-order valence-electron chi connectivity index (χ3n) is 3.41.